The van der Waals surface area contributed by atoms with Crippen molar-refractivity contribution in [2.24, 2.45) is 0 Å². The van der Waals surface area contributed by atoms with Crippen LogP contribution in [0.1, 0.15) is 42.1 Å². The van der Waals surface area contributed by atoms with Gasteiger partial charge in [-0.2, -0.15) is 0 Å². The van der Waals surface area contributed by atoms with Crippen LogP contribution < -0.4 is 0 Å². The van der Waals surface area contributed by atoms with Gasteiger partial charge in [-0.3, -0.25) is 0 Å². The highest BCUT2D eigenvalue weighted by molar-refractivity contribution is 6.19. The van der Waals surface area contributed by atoms with Crippen LogP contribution in [0.2, 0.25) is 0 Å². The molecule has 2 aliphatic carbocycles. The van der Waals surface area contributed by atoms with Crippen molar-refractivity contribution in [3.05, 3.63) is 126 Å². The van der Waals surface area contributed by atoms with Gasteiger partial charge in [-0.15, -0.1) is 0 Å². The summed E-state index contributed by atoms with van der Waals surface area (Å²) in [6.45, 7) is 2.19. The molecule has 0 atom stereocenters. The van der Waals surface area contributed by atoms with Gasteiger partial charge in [-0.25, -0.2) is 0 Å². The summed E-state index contributed by atoms with van der Waals surface area (Å²) in [5, 5.41) is 14.7. The number of allylic oxidation sites excluding steroid dienone is 4. The number of hydrogen-bond acceptors (Lipinski definition) is 1. The van der Waals surface area contributed by atoms with E-state index in [2.05, 4.69) is 115 Å². The van der Waals surface area contributed by atoms with Crippen molar-refractivity contribution < 1.29 is 0 Å². The molecule has 0 unspecified atom stereocenters. The summed E-state index contributed by atoms with van der Waals surface area (Å²) in [5.74, 6) is 0. The highest BCUT2D eigenvalue weighted by Gasteiger charge is 2.25. The van der Waals surface area contributed by atoms with Crippen LogP contribution in [-0.2, 0) is 6.42 Å². The number of benzene rings is 5. The number of aromatic nitrogens is 1. The molecule has 1 N–H and O–H groups in total. The van der Waals surface area contributed by atoms with Crippen LogP contribution in [0, 0.1) is 5.41 Å². The Morgan fingerprint density at radius 2 is 1.64 bits per heavy atom. The highest BCUT2D eigenvalue weighted by atomic mass is 15.0. The van der Waals surface area contributed by atoms with E-state index in [1.165, 1.54) is 66.0 Å². The van der Waals surface area contributed by atoms with Crippen molar-refractivity contribution in [2.45, 2.75) is 26.2 Å². The van der Waals surface area contributed by atoms with E-state index >= 15 is 0 Å². The van der Waals surface area contributed by atoms with E-state index in [0.717, 1.165) is 36.0 Å². The van der Waals surface area contributed by atoms with Gasteiger partial charge in [0.1, 0.15) is 0 Å². The first-order chi connectivity index (χ1) is 19.3. The number of nitrogens with one attached hydrogen (secondary N) is 1. The fourth-order valence-electron chi connectivity index (χ4n) is 7.08. The predicted molar refractivity (Wildman–Crippen MR) is 166 cm³/mol. The Morgan fingerprint density at radius 1 is 0.795 bits per heavy atom. The maximum Gasteiger partial charge on any atom is 0.0544 e. The fraction of sp³-hybridized carbons (Fsp3) is 0.108. The SMILES string of the molecule is CCc1c(C=N)c2c3ccccc3ccc2n1-c1cccc(-c2ccc3c4c(cccc24)C2=C3CCC=C2)c1. The van der Waals surface area contributed by atoms with E-state index in [-0.39, 0.29) is 0 Å². The smallest absolute Gasteiger partial charge is 0.0544 e. The third-order valence-electron chi connectivity index (χ3n) is 8.72. The molecule has 6 aromatic rings. The highest BCUT2D eigenvalue weighted by Crippen LogP contribution is 2.48. The zero-order valence-electron chi connectivity index (χ0n) is 22.0. The van der Waals surface area contributed by atoms with E-state index in [4.69, 9.17) is 5.41 Å². The molecule has 0 aliphatic heterocycles. The molecule has 186 valence electrons. The molecule has 1 aromatic heterocycles. The van der Waals surface area contributed by atoms with Gasteiger partial charge in [0.2, 0.25) is 0 Å². The van der Waals surface area contributed by atoms with Gasteiger partial charge in [0, 0.05) is 28.5 Å². The molecule has 0 bridgehead atoms. The van der Waals surface area contributed by atoms with Crippen molar-refractivity contribution >= 4 is 49.8 Å². The average Bonchev–Trinajstić information content (AvgIpc) is 3.51. The second kappa shape index (κ2) is 8.41. The summed E-state index contributed by atoms with van der Waals surface area (Å²) in [4.78, 5) is 0. The van der Waals surface area contributed by atoms with Gasteiger partial charge >= 0.3 is 0 Å². The minimum atomic E-state index is 0.851. The molecule has 1 heterocycles. The summed E-state index contributed by atoms with van der Waals surface area (Å²) >= 11 is 0. The van der Waals surface area contributed by atoms with Gasteiger partial charge in [-0.05, 0) is 92.4 Å². The standard InChI is InChI=1S/C37H28N2/c1-2-34-33(22-38)37-27-12-4-3-9-23(27)17-20-35(37)39(34)25-11-7-10-24(21-25)26-18-19-32-29-14-6-5-13-28(29)31-16-8-15-30(26)36(31)32/h3-5,7-13,15-22,38H,2,6,14H2,1H3. The first-order valence-electron chi connectivity index (χ1n) is 13.9. The molecule has 0 radical (unpaired) electrons. The van der Waals surface area contributed by atoms with Gasteiger partial charge in [0.05, 0.1) is 5.52 Å². The van der Waals surface area contributed by atoms with Crippen LogP contribution in [0.15, 0.2) is 103 Å². The number of hydrogen-bond donors (Lipinski definition) is 1. The molecule has 0 saturated heterocycles. The molecule has 8 rings (SSSR count). The third kappa shape index (κ3) is 3.06. The van der Waals surface area contributed by atoms with E-state index in [1.54, 1.807) is 6.21 Å². The van der Waals surface area contributed by atoms with Crippen LogP contribution in [0.5, 0.6) is 0 Å². The monoisotopic (exact) mass is 500 g/mol. The Kier molecular flexibility index (Phi) is 4.81. The zero-order valence-corrected chi connectivity index (χ0v) is 22.0. The second-order valence-electron chi connectivity index (χ2n) is 10.6. The van der Waals surface area contributed by atoms with E-state index < -0.39 is 0 Å². The number of rotatable bonds is 4. The van der Waals surface area contributed by atoms with E-state index in [9.17, 15) is 0 Å². The number of fused-ring (bicyclic) bond motifs is 5. The number of nitrogens with zero attached hydrogens (tertiary/aromatic N) is 1. The topological polar surface area (TPSA) is 28.8 Å². The summed E-state index contributed by atoms with van der Waals surface area (Å²) in [6.07, 6.45) is 9.27. The molecule has 2 nitrogen and oxygen atoms in total. The van der Waals surface area contributed by atoms with Crippen molar-refractivity contribution in [3.8, 4) is 16.8 Å². The van der Waals surface area contributed by atoms with Crippen molar-refractivity contribution in [1.82, 2.24) is 4.57 Å². The van der Waals surface area contributed by atoms with Crippen molar-refractivity contribution in [3.63, 3.8) is 0 Å². The molecule has 0 amide bonds. The molecule has 2 aliphatic rings. The van der Waals surface area contributed by atoms with E-state index in [0.29, 0.717) is 0 Å². The molecular weight excluding hydrogens is 472 g/mol. The molecule has 2 heteroatoms. The summed E-state index contributed by atoms with van der Waals surface area (Å²) in [7, 11) is 0. The van der Waals surface area contributed by atoms with Gasteiger partial charge in [-0.1, -0.05) is 91.9 Å². The predicted octanol–water partition coefficient (Wildman–Crippen LogP) is 9.74. The Bertz CT molecular complexity index is 2070. The van der Waals surface area contributed by atoms with Crippen LogP contribution in [0.25, 0.3) is 60.4 Å². The summed E-state index contributed by atoms with van der Waals surface area (Å²) in [6, 6.07) is 33.3. The second-order valence-corrected chi connectivity index (χ2v) is 10.6. The van der Waals surface area contributed by atoms with Crippen LogP contribution >= 0.6 is 0 Å². The van der Waals surface area contributed by atoms with Gasteiger partial charge < -0.3 is 9.98 Å². The Morgan fingerprint density at radius 3 is 2.54 bits per heavy atom. The molecule has 0 spiro atoms. The van der Waals surface area contributed by atoms with E-state index in [1.807, 2.05) is 0 Å². The first kappa shape index (κ1) is 22.3. The lowest BCUT2D eigenvalue weighted by Gasteiger charge is -2.14. The van der Waals surface area contributed by atoms with Gasteiger partial charge in [0.15, 0.2) is 0 Å². The zero-order chi connectivity index (χ0) is 26.1. The molecular formula is C37H28N2. The molecule has 0 saturated carbocycles. The lowest BCUT2D eigenvalue weighted by Crippen LogP contribution is -2.01. The van der Waals surface area contributed by atoms with Crippen LogP contribution in [-0.4, -0.2) is 10.8 Å². The van der Waals surface area contributed by atoms with Crippen LogP contribution in [0.3, 0.4) is 0 Å². The Balaban J connectivity index is 1.36. The minimum Gasteiger partial charge on any atom is -0.313 e. The van der Waals surface area contributed by atoms with Crippen LogP contribution in [0.4, 0.5) is 0 Å². The van der Waals surface area contributed by atoms with Gasteiger partial charge in [0.25, 0.3) is 0 Å². The lowest BCUT2D eigenvalue weighted by atomic mass is 9.93. The van der Waals surface area contributed by atoms with Crippen molar-refractivity contribution in [1.29, 1.82) is 5.41 Å². The summed E-state index contributed by atoms with van der Waals surface area (Å²) < 4.78 is 2.37. The molecule has 39 heavy (non-hydrogen) atoms. The Labute approximate surface area is 228 Å². The molecule has 0 fully saturated rings. The molecule has 5 aromatic carbocycles. The maximum atomic E-state index is 8.36. The average molecular weight is 501 g/mol. The Hall–Kier alpha value is -4.69. The lowest BCUT2D eigenvalue weighted by molar-refractivity contribution is 0.958. The summed E-state index contributed by atoms with van der Waals surface area (Å²) in [5.41, 5.74) is 12.7. The normalized spacial score (nSPS) is 14.1. The maximum absolute atomic E-state index is 8.36. The first-order valence-corrected chi connectivity index (χ1v) is 13.9. The largest absolute Gasteiger partial charge is 0.313 e. The minimum absolute atomic E-state index is 0.851. The van der Waals surface area contributed by atoms with Crippen molar-refractivity contribution in [2.75, 3.05) is 0 Å². The third-order valence-corrected chi connectivity index (χ3v) is 8.72. The quantitative estimate of drug-likeness (QED) is 0.233. The fourth-order valence-corrected chi connectivity index (χ4v) is 7.08.